The van der Waals surface area contributed by atoms with Gasteiger partial charge >= 0.3 is 0 Å². The molecule has 2 aromatic rings. The molecule has 0 spiro atoms. The topological polar surface area (TPSA) is 92.5 Å². The van der Waals surface area contributed by atoms with Gasteiger partial charge in [0.05, 0.1) is 11.0 Å². The zero-order valence-corrected chi connectivity index (χ0v) is 12.2. The SMILES string of the molecule is Cc1c(C(=O)Nc2cccc([C@H](C)O)c2)cccc1[N+](=O)[O-]. The molecule has 22 heavy (non-hydrogen) atoms. The number of nitrogens with zero attached hydrogens (tertiary/aromatic N) is 1. The predicted octanol–water partition coefficient (Wildman–Crippen LogP) is 3.21. The van der Waals surface area contributed by atoms with E-state index in [1.54, 1.807) is 38.1 Å². The van der Waals surface area contributed by atoms with Gasteiger partial charge in [-0.15, -0.1) is 0 Å². The lowest BCUT2D eigenvalue weighted by Crippen LogP contribution is -2.14. The van der Waals surface area contributed by atoms with Gasteiger partial charge in [-0.05, 0) is 37.6 Å². The number of anilines is 1. The standard InChI is InChI=1S/C16H16N2O4/c1-10-14(7-4-8-15(10)18(21)22)16(20)17-13-6-3-5-12(9-13)11(2)19/h3-9,11,19H,1-2H3,(H,17,20)/t11-/m0/s1. The summed E-state index contributed by atoms with van der Waals surface area (Å²) in [6, 6.07) is 11.2. The average molecular weight is 300 g/mol. The van der Waals surface area contributed by atoms with Crippen molar-refractivity contribution >= 4 is 17.3 Å². The number of carbonyl (C=O) groups is 1. The highest BCUT2D eigenvalue weighted by molar-refractivity contribution is 6.05. The monoisotopic (exact) mass is 300 g/mol. The van der Waals surface area contributed by atoms with Crippen LogP contribution in [0.5, 0.6) is 0 Å². The first-order chi connectivity index (χ1) is 10.4. The van der Waals surface area contributed by atoms with Gasteiger partial charge in [0.2, 0.25) is 0 Å². The van der Waals surface area contributed by atoms with Gasteiger partial charge in [0, 0.05) is 22.9 Å². The summed E-state index contributed by atoms with van der Waals surface area (Å²) in [5.74, 6) is -0.427. The molecule has 6 nitrogen and oxygen atoms in total. The molecule has 0 heterocycles. The first-order valence-electron chi connectivity index (χ1n) is 6.73. The second-order valence-corrected chi connectivity index (χ2v) is 4.96. The van der Waals surface area contributed by atoms with E-state index in [4.69, 9.17) is 0 Å². The van der Waals surface area contributed by atoms with Gasteiger partial charge in [0.1, 0.15) is 0 Å². The van der Waals surface area contributed by atoms with Crippen LogP contribution in [0, 0.1) is 17.0 Å². The van der Waals surface area contributed by atoms with Gasteiger partial charge in [-0.1, -0.05) is 18.2 Å². The molecular weight excluding hydrogens is 284 g/mol. The number of hydrogen-bond acceptors (Lipinski definition) is 4. The summed E-state index contributed by atoms with van der Waals surface area (Å²) in [5.41, 5.74) is 1.67. The van der Waals surface area contributed by atoms with Crippen LogP contribution in [-0.2, 0) is 0 Å². The van der Waals surface area contributed by atoms with Gasteiger partial charge < -0.3 is 10.4 Å². The van der Waals surface area contributed by atoms with Crippen molar-refractivity contribution in [2.75, 3.05) is 5.32 Å². The van der Waals surface area contributed by atoms with Crippen molar-refractivity contribution in [1.82, 2.24) is 0 Å². The smallest absolute Gasteiger partial charge is 0.273 e. The maximum Gasteiger partial charge on any atom is 0.273 e. The summed E-state index contributed by atoms with van der Waals surface area (Å²) in [6.45, 7) is 3.17. The lowest BCUT2D eigenvalue weighted by molar-refractivity contribution is -0.385. The van der Waals surface area contributed by atoms with E-state index in [0.29, 0.717) is 16.8 Å². The van der Waals surface area contributed by atoms with Crippen molar-refractivity contribution in [3.8, 4) is 0 Å². The number of amides is 1. The number of nitro groups is 1. The number of rotatable bonds is 4. The minimum absolute atomic E-state index is 0.0922. The maximum absolute atomic E-state index is 12.3. The number of aliphatic hydroxyl groups excluding tert-OH is 1. The van der Waals surface area contributed by atoms with Crippen molar-refractivity contribution in [2.45, 2.75) is 20.0 Å². The Morgan fingerprint density at radius 1 is 1.27 bits per heavy atom. The number of nitro benzene ring substituents is 1. The van der Waals surface area contributed by atoms with Crippen LogP contribution in [0.1, 0.15) is 34.5 Å². The lowest BCUT2D eigenvalue weighted by atomic mass is 10.1. The molecular formula is C16H16N2O4. The van der Waals surface area contributed by atoms with Crippen molar-refractivity contribution in [3.63, 3.8) is 0 Å². The highest BCUT2D eigenvalue weighted by atomic mass is 16.6. The molecule has 2 aromatic carbocycles. The van der Waals surface area contributed by atoms with Crippen LogP contribution in [0.2, 0.25) is 0 Å². The molecule has 0 radical (unpaired) electrons. The van der Waals surface area contributed by atoms with Gasteiger partial charge in [-0.2, -0.15) is 0 Å². The summed E-state index contributed by atoms with van der Waals surface area (Å²) < 4.78 is 0. The molecule has 1 atom stereocenters. The average Bonchev–Trinajstić information content (AvgIpc) is 2.47. The summed E-state index contributed by atoms with van der Waals surface area (Å²) in [4.78, 5) is 22.7. The zero-order chi connectivity index (χ0) is 16.3. The molecule has 114 valence electrons. The molecule has 0 aliphatic rings. The molecule has 0 aliphatic heterocycles. The highest BCUT2D eigenvalue weighted by Crippen LogP contribution is 2.23. The zero-order valence-electron chi connectivity index (χ0n) is 12.2. The van der Waals surface area contributed by atoms with Crippen LogP contribution in [0.3, 0.4) is 0 Å². The first kappa shape index (κ1) is 15.7. The molecule has 2 rings (SSSR count). The molecule has 1 amide bonds. The van der Waals surface area contributed by atoms with E-state index in [0.717, 1.165) is 0 Å². The second kappa shape index (κ2) is 6.36. The normalized spacial score (nSPS) is 11.8. The molecule has 6 heteroatoms. The number of nitrogens with one attached hydrogen (secondary N) is 1. The fraction of sp³-hybridized carbons (Fsp3) is 0.188. The summed E-state index contributed by atoms with van der Waals surface area (Å²) in [7, 11) is 0. The van der Waals surface area contributed by atoms with Gasteiger partial charge in [-0.25, -0.2) is 0 Å². The third kappa shape index (κ3) is 3.29. The Morgan fingerprint density at radius 3 is 2.59 bits per heavy atom. The summed E-state index contributed by atoms with van der Waals surface area (Å²) in [6.07, 6.45) is -0.642. The number of aliphatic hydroxyl groups is 1. The maximum atomic E-state index is 12.3. The highest BCUT2D eigenvalue weighted by Gasteiger charge is 2.18. The largest absolute Gasteiger partial charge is 0.389 e. The Labute approximate surface area is 127 Å². The third-order valence-corrected chi connectivity index (χ3v) is 3.37. The Balaban J connectivity index is 2.28. The lowest BCUT2D eigenvalue weighted by Gasteiger charge is -2.10. The molecule has 0 saturated heterocycles. The van der Waals surface area contributed by atoms with Crippen LogP contribution in [0.4, 0.5) is 11.4 Å². The number of carbonyl (C=O) groups excluding carboxylic acids is 1. The predicted molar refractivity (Wildman–Crippen MR) is 82.9 cm³/mol. The van der Waals surface area contributed by atoms with E-state index in [1.165, 1.54) is 18.2 Å². The molecule has 0 unspecified atom stereocenters. The van der Waals surface area contributed by atoms with Crippen molar-refractivity contribution in [1.29, 1.82) is 0 Å². The molecule has 0 fully saturated rings. The minimum Gasteiger partial charge on any atom is -0.389 e. The molecule has 0 bridgehead atoms. The van der Waals surface area contributed by atoms with Crippen LogP contribution in [0.15, 0.2) is 42.5 Å². The molecule has 0 aromatic heterocycles. The quantitative estimate of drug-likeness (QED) is 0.670. The first-order valence-corrected chi connectivity index (χ1v) is 6.73. The van der Waals surface area contributed by atoms with Crippen molar-refractivity contribution < 1.29 is 14.8 Å². The van der Waals surface area contributed by atoms with Crippen LogP contribution in [0.25, 0.3) is 0 Å². The Hall–Kier alpha value is -2.73. The Bertz CT molecular complexity index is 726. The third-order valence-electron chi connectivity index (χ3n) is 3.37. The fourth-order valence-electron chi connectivity index (χ4n) is 2.14. The van der Waals surface area contributed by atoms with Gasteiger partial charge in [0.25, 0.3) is 11.6 Å². The Kier molecular flexibility index (Phi) is 4.53. The van der Waals surface area contributed by atoms with Crippen molar-refractivity contribution in [2.24, 2.45) is 0 Å². The van der Waals surface area contributed by atoms with Gasteiger partial charge in [-0.3, -0.25) is 14.9 Å². The van der Waals surface area contributed by atoms with E-state index < -0.39 is 16.9 Å². The summed E-state index contributed by atoms with van der Waals surface area (Å²) in [5, 5.41) is 23.2. The minimum atomic E-state index is -0.642. The fourth-order valence-corrected chi connectivity index (χ4v) is 2.14. The molecule has 0 aliphatic carbocycles. The van der Waals surface area contributed by atoms with Crippen LogP contribution >= 0.6 is 0 Å². The molecule has 0 saturated carbocycles. The second-order valence-electron chi connectivity index (χ2n) is 4.96. The van der Waals surface area contributed by atoms with Crippen molar-refractivity contribution in [3.05, 3.63) is 69.3 Å². The van der Waals surface area contributed by atoms with Gasteiger partial charge in [0.15, 0.2) is 0 Å². The van der Waals surface area contributed by atoms with E-state index in [9.17, 15) is 20.0 Å². The van der Waals surface area contributed by atoms with Crippen LogP contribution in [-0.4, -0.2) is 15.9 Å². The van der Waals surface area contributed by atoms with E-state index in [1.807, 2.05) is 0 Å². The summed E-state index contributed by atoms with van der Waals surface area (Å²) >= 11 is 0. The van der Waals surface area contributed by atoms with E-state index in [-0.39, 0.29) is 11.3 Å². The van der Waals surface area contributed by atoms with Crippen LogP contribution < -0.4 is 5.32 Å². The van der Waals surface area contributed by atoms with E-state index >= 15 is 0 Å². The Morgan fingerprint density at radius 2 is 1.95 bits per heavy atom. The molecule has 2 N–H and O–H groups in total. The van der Waals surface area contributed by atoms with E-state index in [2.05, 4.69) is 5.32 Å². The number of hydrogen-bond donors (Lipinski definition) is 2. The number of benzene rings is 2.